The Morgan fingerprint density at radius 3 is 3.08 bits per heavy atom. The lowest BCUT2D eigenvalue weighted by Crippen LogP contribution is -2.42. The zero-order valence-corrected chi connectivity index (χ0v) is 6.83. The van der Waals surface area contributed by atoms with Crippen molar-refractivity contribution in [3.63, 3.8) is 0 Å². The predicted molar refractivity (Wildman–Crippen MR) is 41.1 cm³/mol. The molecule has 66 valence electrons. The van der Waals surface area contributed by atoms with Gasteiger partial charge in [-0.2, -0.15) is 0 Å². The molecule has 1 N–H and O–H groups in total. The maximum atomic E-state index is 10.7. The summed E-state index contributed by atoms with van der Waals surface area (Å²) in [6, 6.07) is 0. The van der Waals surface area contributed by atoms with Gasteiger partial charge >= 0.3 is 7.12 Å². The largest absolute Gasteiger partial charge is 0.547 e. The van der Waals surface area contributed by atoms with E-state index in [1.54, 1.807) is 0 Å². The van der Waals surface area contributed by atoms with Gasteiger partial charge < -0.3 is 14.6 Å². The average Bonchev–Trinajstić information content (AvgIpc) is 2.01. The van der Waals surface area contributed by atoms with Gasteiger partial charge in [0.25, 0.3) is 5.97 Å². The van der Waals surface area contributed by atoms with Crippen molar-refractivity contribution >= 4 is 19.0 Å². The molecule has 0 radical (unpaired) electrons. The molecule has 12 heavy (non-hydrogen) atoms. The molecule has 0 spiro atoms. The topological polar surface area (TPSA) is 64.6 Å². The van der Waals surface area contributed by atoms with E-state index in [0.29, 0.717) is 6.61 Å². The van der Waals surface area contributed by atoms with Crippen LogP contribution in [0.4, 0.5) is 0 Å². The van der Waals surface area contributed by atoms with Crippen molar-refractivity contribution in [2.75, 3.05) is 13.1 Å². The van der Waals surface area contributed by atoms with Crippen molar-refractivity contribution < 1.29 is 18.9 Å². The number of carbonyl (C=O) groups excluding carboxylic acids is 2. The molecule has 1 heterocycles. The van der Waals surface area contributed by atoms with Gasteiger partial charge in [-0.25, -0.2) is 0 Å². The van der Waals surface area contributed by atoms with Crippen LogP contribution < -0.4 is 5.32 Å². The molecule has 6 heteroatoms. The second-order valence-corrected chi connectivity index (χ2v) is 2.48. The standard InChI is InChI=1S/C6H10BNO4/c1-5(9)8-4-7-11-3-2-6(10)12-7/h2-4H2,1H3,(H,8,9). The minimum atomic E-state index is -0.616. The van der Waals surface area contributed by atoms with E-state index >= 15 is 0 Å². The summed E-state index contributed by atoms with van der Waals surface area (Å²) in [6.45, 7) is 1.76. The van der Waals surface area contributed by atoms with Gasteiger partial charge in [-0.05, 0) is 0 Å². The Labute approximate surface area is 70.6 Å². The van der Waals surface area contributed by atoms with Crippen molar-refractivity contribution in [2.45, 2.75) is 13.3 Å². The quantitative estimate of drug-likeness (QED) is 0.547. The van der Waals surface area contributed by atoms with Gasteiger partial charge in [0.05, 0.1) is 12.9 Å². The lowest BCUT2D eigenvalue weighted by molar-refractivity contribution is -0.139. The summed E-state index contributed by atoms with van der Waals surface area (Å²) in [5.41, 5.74) is 0. The first-order valence-corrected chi connectivity index (χ1v) is 3.74. The third-order valence-corrected chi connectivity index (χ3v) is 1.39. The van der Waals surface area contributed by atoms with Gasteiger partial charge in [-0.3, -0.25) is 9.59 Å². The smallest absolute Gasteiger partial charge is 0.508 e. The van der Waals surface area contributed by atoms with Gasteiger partial charge in [0, 0.05) is 13.5 Å². The summed E-state index contributed by atoms with van der Waals surface area (Å²) >= 11 is 0. The molecule has 0 saturated carbocycles. The van der Waals surface area contributed by atoms with Crippen LogP contribution >= 0.6 is 0 Å². The Balaban J connectivity index is 2.23. The molecule has 5 nitrogen and oxygen atoms in total. The SMILES string of the molecule is CC(=O)NCB1OCCC(=O)O1. The van der Waals surface area contributed by atoms with Crippen molar-refractivity contribution in [1.82, 2.24) is 5.32 Å². The van der Waals surface area contributed by atoms with E-state index < -0.39 is 7.12 Å². The monoisotopic (exact) mass is 171 g/mol. The first-order valence-electron chi connectivity index (χ1n) is 3.74. The molecule has 0 aromatic carbocycles. The van der Waals surface area contributed by atoms with Crippen molar-refractivity contribution in [3.8, 4) is 0 Å². The highest BCUT2D eigenvalue weighted by Crippen LogP contribution is 2.01. The molecule has 0 aliphatic carbocycles. The number of rotatable bonds is 2. The van der Waals surface area contributed by atoms with Crippen molar-refractivity contribution in [2.24, 2.45) is 0 Å². The van der Waals surface area contributed by atoms with Crippen LogP contribution in [0.2, 0.25) is 0 Å². The molecule has 0 unspecified atom stereocenters. The Morgan fingerprint density at radius 2 is 2.50 bits per heavy atom. The van der Waals surface area contributed by atoms with Crippen LogP contribution in [0.1, 0.15) is 13.3 Å². The number of amides is 1. The Kier molecular flexibility index (Phi) is 3.10. The predicted octanol–water partition coefficient (Wildman–Crippen LogP) is -0.887. The summed E-state index contributed by atoms with van der Waals surface area (Å²) in [5, 5.41) is 2.49. The summed E-state index contributed by atoms with van der Waals surface area (Å²) in [7, 11) is -0.616. The van der Waals surface area contributed by atoms with Crippen LogP contribution in [0.5, 0.6) is 0 Å². The minimum absolute atomic E-state index is 0.166. The molecule has 0 aromatic heterocycles. The van der Waals surface area contributed by atoms with E-state index in [2.05, 4.69) is 5.32 Å². The number of carbonyl (C=O) groups is 2. The molecule has 0 atom stereocenters. The van der Waals surface area contributed by atoms with Crippen LogP contribution in [-0.4, -0.2) is 32.0 Å². The Morgan fingerprint density at radius 1 is 1.75 bits per heavy atom. The highest BCUT2D eigenvalue weighted by Gasteiger charge is 2.27. The number of hydrogen-bond donors (Lipinski definition) is 1. The van der Waals surface area contributed by atoms with E-state index in [9.17, 15) is 9.59 Å². The third-order valence-electron chi connectivity index (χ3n) is 1.39. The van der Waals surface area contributed by atoms with Crippen LogP contribution in [-0.2, 0) is 18.9 Å². The highest BCUT2D eigenvalue weighted by molar-refractivity contribution is 6.47. The fourth-order valence-corrected chi connectivity index (χ4v) is 0.841. The maximum absolute atomic E-state index is 10.7. The Bertz CT molecular complexity index is 196. The van der Waals surface area contributed by atoms with Crippen molar-refractivity contribution in [1.29, 1.82) is 0 Å². The zero-order valence-electron chi connectivity index (χ0n) is 6.83. The van der Waals surface area contributed by atoms with Gasteiger partial charge in [-0.1, -0.05) is 0 Å². The molecular formula is C6H10BNO4. The summed E-state index contributed by atoms with van der Waals surface area (Å²) in [5.74, 6) is -0.447. The van der Waals surface area contributed by atoms with Gasteiger partial charge in [0.15, 0.2) is 0 Å². The van der Waals surface area contributed by atoms with Gasteiger partial charge in [0.2, 0.25) is 5.91 Å². The van der Waals surface area contributed by atoms with E-state index in [1.165, 1.54) is 6.92 Å². The van der Waals surface area contributed by atoms with E-state index in [0.717, 1.165) is 0 Å². The molecule has 0 bridgehead atoms. The highest BCUT2D eigenvalue weighted by atomic mass is 16.6. The maximum Gasteiger partial charge on any atom is 0.547 e. The number of hydrogen-bond acceptors (Lipinski definition) is 4. The molecule has 1 aliphatic rings. The molecule has 1 amide bonds. The van der Waals surface area contributed by atoms with Crippen LogP contribution in [0.25, 0.3) is 0 Å². The second kappa shape index (κ2) is 4.11. The summed E-state index contributed by atoms with van der Waals surface area (Å²) in [6.07, 6.45) is 0.512. The van der Waals surface area contributed by atoms with Gasteiger partial charge in [0.1, 0.15) is 0 Å². The molecular weight excluding hydrogens is 161 g/mol. The van der Waals surface area contributed by atoms with E-state index in [4.69, 9.17) is 9.31 Å². The Hall–Kier alpha value is -1.04. The van der Waals surface area contributed by atoms with Gasteiger partial charge in [-0.15, -0.1) is 0 Å². The molecule has 1 fully saturated rings. The lowest BCUT2D eigenvalue weighted by atomic mass is 9.89. The minimum Gasteiger partial charge on any atom is -0.508 e. The second-order valence-electron chi connectivity index (χ2n) is 2.48. The molecule has 1 rings (SSSR count). The van der Waals surface area contributed by atoms with Crippen LogP contribution in [0, 0.1) is 0 Å². The lowest BCUT2D eigenvalue weighted by Gasteiger charge is -2.18. The first-order chi connectivity index (χ1) is 5.68. The normalized spacial score (nSPS) is 17.1. The summed E-state index contributed by atoms with van der Waals surface area (Å²) in [4.78, 5) is 21.2. The van der Waals surface area contributed by atoms with Crippen LogP contribution in [0.3, 0.4) is 0 Å². The van der Waals surface area contributed by atoms with Crippen LogP contribution in [0.15, 0.2) is 0 Å². The third kappa shape index (κ3) is 2.92. The van der Waals surface area contributed by atoms with Crippen molar-refractivity contribution in [3.05, 3.63) is 0 Å². The average molecular weight is 171 g/mol. The summed E-state index contributed by atoms with van der Waals surface area (Å²) < 4.78 is 9.80. The first kappa shape index (κ1) is 9.06. The number of nitrogens with one attached hydrogen (secondary N) is 1. The fraction of sp³-hybridized carbons (Fsp3) is 0.667. The molecule has 0 aromatic rings. The zero-order chi connectivity index (χ0) is 8.97. The van der Waals surface area contributed by atoms with E-state index in [1.807, 2.05) is 0 Å². The fourth-order valence-electron chi connectivity index (χ4n) is 0.841. The molecule has 1 aliphatic heterocycles. The van der Waals surface area contributed by atoms with E-state index in [-0.39, 0.29) is 24.7 Å². The molecule has 1 saturated heterocycles.